The van der Waals surface area contributed by atoms with Crippen molar-refractivity contribution in [3.8, 4) is 0 Å². The van der Waals surface area contributed by atoms with Crippen LogP contribution in [-0.2, 0) is 6.54 Å². The Morgan fingerprint density at radius 1 is 1.10 bits per heavy atom. The molecule has 20 heavy (non-hydrogen) atoms. The number of fused-ring (bicyclic) bond motifs is 1. The first-order valence-electron chi connectivity index (χ1n) is 6.56. The fourth-order valence-corrected chi connectivity index (χ4v) is 2.22. The van der Waals surface area contributed by atoms with Crippen molar-refractivity contribution in [3.05, 3.63) is 71.8 Å². The van der Waals surface area contributed by atoms with Gasteiger partial charge in [0.2, 0.25) is 0 Å². The highest BCUT2D eigenvalue weighted by atomic mass is 19.1. The van der Waals surface area contributed by atoms with Crippen LogP contribution in [0.1, 0.15) is 11.1 Å². The van der Waals surface area contributed by atoms with Crippen LogP contribution in [0, 0.1) is 12.7 Å². The average Bonchev–Trinajstić information content (AvgIpc) is 2.48. The summed E-state index contributed by atoms with van der Waals surface area (Å²) in [5, 5.41) is 5.52. The predicted molar refractivity (Wildman–Crippen MR) is 80.2 cm³/mol. The minimum atomic E-state index is -0.189. The summed E-state index contributed by atoms with van der Waals surface area (Å²) in [5.74, 6) is -0.189. The van der Waals surface area contributed by atoms with E-state index in [4.69, 9.17) is 0 Å². The minimum absolute atomic E-state index is 0.189. The lowest BCUT2D eigenvalue weighted by Crippen LogP contribution is -2.01. The van der Waals surface area contributed by atoms with Crippen molar-refractivity contribution >= 4 is 16.5 Å². The van der Waals surface area contributed by atoms with E-state index in [0.717, 1.165) is 16.6 Å². The van der Waals surface area contributed by atoms with E-state index < -0.39 is 0 Å². The van der Waals surface area contributed by atoms with Gasteiger partial charge >= 0.3 is 0 Å². The van der Waals surface area contributed by atoms with Gasteiger partial charge in [-0.15, -0.1) is 0 Å². The Labute approximate surface area is 117 Å². The molecule has 0 radical (unpaired) electrons. The second-order valence-electron chi connectivity index (χ2n) is 4.84. The molecule has 3 heteroatoms. The summed E-state index contributed by atoms with van der Waals surface area (Å²) in [6.07, 6.45) is 3.70. The zero-order chi connectivity index (χ0) is 13.9. The molecule has 1 aromatic heterocycles. The van der Waals surface area contributed by atoms with Crippen molar-refractivity contribution in [1.29, 1.82) is 0 Å². The van der Waals surface area contributed by atoms with Crippen LogP contribution in [0.25, 0.3) is 10.8 Å². The quantitative estimate of drug-likeness (QED) is 0.764. The summed E-state index contributed by atoms with van der Waals surface area (Å²) in [5.41, 5.74) is 2.53. The number of hydrogen-bond donors (Lipinski definition) is 1. The number of anilines is 1. The van der Waals surface area contributed by atoms with E-state index in [1.54, 1.807) is 13.0 Å². The molecule has 2 aromatic carbocycles. The number of hydrogen-bond acceptors (Lipinski definition) is 2. The second-order valence-corrected chi connectivity index (χ2v) is 4.84. The molecule has 0 bridgehead atoms. The SMILES string of the molecule is Cc1ccc(NCc2cncc3ccccc23)cc1F. The van der Waals surface area contributed by atoms with Crippen molar-refractivity contribution in [3.63, 3.8) is 0 Å². The Morgan fingerprint density at radius 3 is 2.80 bits per heavy atom. The van der Waals surface area contributed by atoms with E-state index in [1.807, 2.05) is 36.7 Å². The van der Waals surface area contributed by atoms with Crippen molar-refractivity contribution in [2.45, 2.75) is 13.5 Å². The van der Waals surface area contributed by atoms with Gasteiger partial charge in [-0.25, -0.2) is 4.39 Å². The first-order valence-corrected chi connectivity index (χ1v) is 6.56. The molecule has 0 saturated heterocycles. The van der Waals surface area contributed by atoms with E-state index in [1.165, 1.54) is 11.5 Å². The molecular formula is C17H15FN2. The first-order chi connectivity index (χ1) is 9.74. The van der Waals surface area contributed by atoms with Crippen molar-refractivity contribution in [2.24, 2.45) is 0 Å². The van der Waals surface area contributed by atoms with E-state index in [9.17, 15) is 4.39 Å². The number of halogens is 1. The summed E-state index contributed by atoms with van der Waals surface area (Å²) in [4.78, 5) is 4.24. The largest absolute Gasteiger partial charge is 0.381 e. The molecule has 3 aromatic rings. The Morgan fingerprint density at radius 2 is 1.95 bits per heavy atom. The average molecular weight is 266 g/mol. The maximum atomic E-state index is 13.5. The van der Waals surface area contributed by atoms with Gasteiger partial charge in [-0.3, -0.25) is 4.98 Å². The van der Waals surface area contributed by atoms with Gasteiger partial charge in [-0.05, 0) is 35.6 Å². The Kier molecular flexibility index (Phi) is 3.33. The van der Waals surface area contributed by atoms with Crippen LogP contribution in [0.3, 0.4) is 0 Å². The van der Waals surface area contributed by atoms with Crippen LogP contribution >= 0.6 is 0 Å². The van der Waals surface area contributed by atoms with Crippen LogP contribution in [0.2, 0.25) is 0 Å². The lowest BCUT2D eigenvalue weighted by Gasteiger charge is -2.09. The summed E-state index contributed by atoms with van der Waals surface area (Å²) in [7, 11) is 0. The number of rotatable bonds is 3. The van der Waals surface area contributed by atoms with Crippen molar-refractivity contribution in [1.82, 2.24) is 4.98 Å². The van der Waals surface area contributed by atoms with Gasteiger partial charge in [-0.2, -0.15) is 0 Å². The highest BCUT2D eigenvalue weighted by Crippen LogP contribution is 2.19. The van der Waals surface area contributed by atoms with Gasteiger partial charge in [-0.1, -0.05) is 30.3 Å². The lowest BCUT2D eigenvalue weighted by atomic mass is 10.1. The third-order valence-electron chi connectivity index (χ3n) is 3.41. The molecule has 1 heterocycles. The lowest BCUT2D eigenvalue weighted by molar-refractivity contribution is 0.619. The molecule has 0 aliphatic carbocycles. The van der Waals surface area contributed by atoms with Crippen LogP contribution in [0.15, 0.2) is 54.9 Å². The fraction of sp³-hybridized carbons (Fsp3) is 0.118. The monoisotopic (exact) mass is 266 g/mol. The molecular weight excluding hydrogens is 251 g/mol. The molecule has 0 fully saturated rings. The second kappa shape index (κ2) is 5.29. The van der Waals surface area contributed by atoms with E-state index in [-0.39, 0.29) is 5.82 Å². The summed E-state index contributed by atoms with van der Waals surface area (Å²) in [6.45, 7) is 2.38. The smallest absolute Gasteiger partial charge is 0.128 e. The summed E-state index contributed by atoms with van der Waals surface area (Å²) in [6, 6.07) is 13.3. The molecule has 0 aliphatic heterocycles. The predicted octanol–water partition coefficient (Wildman–Crippen LogP) is 4.29. The zero-order valence-corrected chi connectivity index (χ0v) is 11.2. The van der Waals surface area contributed by atoms with Crippen LogP contribution < -0.4 is 5.32 Å². The fourth-order valence-electron chi connectivity index (χ4n) is 2.22. The molecule has 100 valence electrons. The molecule has 0 aliphatic rings. The zero-order valence-electron chi connectivity index (χ0n) is 11.2. The van der Waals surface area contributed by atoms with Gasteiger partial charge in [0.05, 0.1) is 0 Å². The van der Waals surface area contributed by atoms with Gasteiger partial charge in [0.25, 0.3) is 0 Å². The topological polar surface area (TPSA) is 24.9 Å². The summed E-state index contributed by atoms with van der Waals surface area (Å²) >= 11 is 0. The molecule has 3 rings (SSSR count). The van der Waals surface area contributed by atoms with Crippen molar-refractivity contribution in [2.75, 3.05) is 5.32 Å². The van der Waals surface area contributed by atoms with E-state index in [2.05, 4.69) is 16.4 Å². The Bertz CT molecular complexity index is 748. The minimum Gasteiger partial charge on any atom is -0.381 e. The molecule has 0 spiro atoms. The number of nitrogens with zero attached hydrogens (tertiary/aromatic N) is 1. The molecule has 0 saturated carbocycles. The Balaban J connectivity index is 1.85. The number of aromatic nitrogens is 1. The molecule has 0 atom stereocenters. The standard InChI is InChI=1S/C17H15FN2/c1-12-6-7-15(8-17(12)18)20-11-14-10-19-9-13-4-2-3-5-16(13)14/h2-10,20H,11H2,1H3. The maximum Gasteiger partial charge on any atom is 0.128 e. The molecule has 1 N–H and O–H groups in total. The number of pyridine rings is 1. The van der Waals surface area contributed by atoms with E-state index in [0.29, 0.717) is 12.1 Å². The summed E-state index contributed by atoms with van der Waals surface area (Å²) < 4.78 is 13.5. The maximum absolute atomic E-state index is 13.5. The third-order valence-corrected chi connectivity index (χ3v) is 3.41. The molecule has 0 amide bonds. The normalized spacial score (nSPS) is 10.7. The van der Waals surface area contributed by atoms with Crippen LogP contribution in [0.5, 0.6) is 0 Å². The van der Waals surface area contributed by atoms with Gasteiger partial charge in [0.15, 0.2) is 0 Å². The number of aryl methyl sites for hydroxylation is 1. The van der Waals surface area contributed by atoms with Crippen LogP contribution in [0.4, 0.5) is 10.1 Å². The van der Waals surface area contributed by atoms with Crippen LogP contribution in [-0.4, -0.2) is 4.98 Å². The first kappa shape index (κ1) is 12.6. The molecule has 0 unspecified atom stereocenters. The number of benzene rings is 2. The van der Waals surface area contributed by atoms with Crippen molar-refractivity contribution < 1.29 is 4.39 Å². The third kappa shape index (κ3) is 2.48. The number of nitrogens with one attached hydrogen (secondary N) is 1. The van der Waals surface area contributed by atoms with Gasteiger partial charge < -0.3 is 5.32 Å². The highest BCUT2D eigenvalue weighted by Gasteiger charge is 2.02. The Hall–Kier alpha value is -2.42. The van der Waals surface area contributed by atoms with Gasteiger partial charge in [0, 0.05) is 30.0 Å². The van der Waals surface area contributed by atoms with E-state index >= 15 is 0 Å². The van der Waals surface area contributed by atoms with Gasteiger partial charge in [0.1, 0.15) is 5.82 Å². The highest BCUT2D eigenvalue weighted by molar-refractivity contribution is 5.84. The molecule has 2 nitrogen and oxygen atoms in total.